The van der Waals surface area contributed by atoms with Crippen LogP contribution in [0.5, 0.6) is 11.5 Å². The van der Waals surface area contributed by atoms with Crippen LogP contribution in [0.3, 0.4) is 0 Å². The number of hydrogen-bond donors (Lipinski definition) is 1. The normalized spacial score (nSPS) is 10.8. The van der Waals surface area contributed by atoms with Crippen molar-refractivity contribution in [2.45, 2.75) is 0 Å². The minimum absolute atomic E-state index is 0.250. The fourth-order valence-corrected chi connectivity index (χ4v) is 3.19. The first-order chi connectivity index (χ1) is 15.5. The molecule has 0 saturated carbocycles. The third-order valence-electron chi connectivity index (χ3n) is 4.68. The lowest BCUT2D eigenvalue weighted by Gasteiger charge is -2.18. The Hall–Kier alpha value is -3.72. The number of rotatable bonds is 8. The van der Waals surface area contributed by atoms with Crippen LogP contribution in [0, 0.1) is 5.82 Å². The van der Waals surface area contributed by atoms with Crippen molar-refractivity contribution in [1.29, 1.82) is 0 Å². The number of hydrogen-bond acceptors (Lipinski definition) is 8. The van der Waals surface area contributed by atoms with Crippen LogP contribution in [0.2, 0.25) is 5.02 Å². The molecule has 4 rings (SSSR count). The van der Waals surface area contributed by atoms with Gasteiger partial charge in [0, 0.05) is 35.9 Å². The fourth-order valence-electron chi connectivity index (χ4n) is 3.04. The van der Waals surface area contributed by atoms with E-state index in [0.29, 0.717) is 52.3 Å². The minimum atomic E-state index is -0.484. The number of halogens is 2. The fraction of sp³-hybridized carbons (Fsp3) is 0.182. The molecule has 0 aliphatic heterocycles. The van der Waals surface area contributed by atoms with E-state index in [4.69, 9.17) is 21.1 Å². The Morgan fingerprint density at radius 3 is 2.62 bits per heavy atom. The van der Waals surface area contributed by atoms with Crippen molar-refractivity contribution in [2.24, 2.45) is 0 Å². The van der Waals surface area contributed by atoms with Crippen LogP contribution < -0.4 is 19.7 Å². The third kappa shape index (κ3) is 4.78. The van der Waals surface area contributed by atoms with Gasteiger partial charge in [-0.1, -0.05) is 11.6 Å². The molecule has 1 N–H and O–H groups in total. The second kappa shape index (κ2) is 9.61. The summed E-state index contributed by atoms with van der Waals surface area (Å²) in [6.07, 6.45) is 4.77. The van der Waals surface area contributed by atoms with Crippen molar-refractivity contribution in [3.05, 3.63) is 66.0 Å². The van der Waals surface area contributed by atoms with E-state index in [1.54, 1.807) is 49.8 Å². The molecule has 0 atom stereocenters. The number of aromatic nitrogens is 4. The summed E-state index contributed by atoms with van der Waals surface area (Å²) >= 11 is 5.83. The van der Waals surface area contributed by atoms with Gasteiger partial charge in [0.2, 0.25) is 5.95 Å². The van der Waals surface area contributed by atoms with E-state index in [9.17, 15) is 4.39 Å². The first-order valence-corrected chi connectivity index (χ1v) is 10.1. The van der Waals surface area contributed by atoms with Crippen molar-refractivity contribution in [2.75, 3.05) is 37.5 Å². The van der Waals surface area contributed by atoms with Crippen LogP contribution in [0.1, 0.15) is 0 Å². The Morgan fingerprint density at radius 2 is 1.88 bits per heavy atom. The smallest absolute Gasteiger partial charge is 0.225 e. The maximum absolute atomic E-state index is 14.2. The van der Waals surface area contributed by atoms with E-state index >= 15 is 0 Å². The van der Waals surface area contributed by atoms with Gasteiger partial charge < -0.3 is 19.7 Å². The highest BCUT2D eigenvalue weighted by molar-refractivity contribution is 6.30. The second-order valence-corrected chi connectivity index (χ2v) is 7.25. The topological polar surface area (TPSA) is 85.3 Å². The van der Waals surface area contributed by atoms with Crippen molar-refractivity contribution >= 4 is 40.0 Å². The molecule has 2 heterocycles. The maximum atomic E-state index is 14.2. The Labute approximate surface area is 189 Å². The van der Waals surface area contributed by atoms with E-state index in [1.165, 1.54) is 12.4 Å². The van der Waals surface area contributed by atoms with E-state index in [1.807, 2.05) is 11.9 Å². The highest BCUT2D eigenvalue weighted by Gasteiger charge is 2.14. The first kappa shape index (κ1) is 21.5. The molecule has 8 nitrogen and oxygen atoms in total. The molecule has 0 unspecified atom stereocenters. The number of methoxy groups -OCH3 is 1. The van der Waals surface area contributed by atoms with Gasteiger partial charge in [-0.15, -0.1) is 0 Å². The minimum Gasteiger partial charge on any atom is -0.493 e. The van der Waals surface area contributed by atoms with Crippen molar-refractivity contribution in [3.8, 4) is 11.5 Å². The molecule has 2 aromatic heterocycles. The number of benzene rings is 2. The molecule has 10 heteroatoms. The molecule has 0 amide bonds. The SMILES string of the molecule is COc1cc2c(Nc3ccc(Cl)cc3F)ncnc2cc1OCCN(C)c1ncccn1. The standard InChI is InChI=1S/C22H20ClFN6O2/c1-30(22-25-6-3-7-26-22)8-9-32-20-12-18-15(11-19(20)31-2)21(28-13-27-18)29-17-5-4-14(23)10-16(17)24/h3-7,10-13H,8-9H2,1-2H3,(H,27,28,29). The van der Waals surface area contributed by atoms with Crippen LogP contribution >= 0.6 is 11.6 Å². The van der Waals surface area contributed by atoms with Gasteiger partial charge in [0.25, 0.3) is 0 Å². The molecule has 4 aromatic rings. The van der Waals surface area contributed by atoms with Crippen molar-refractivity contribution < 1.29 is 13.9 Å². The highest BCUT2D eigenvalue weighted by Crippen LogP contribution is 2.35. The lowest BCUT2D eigenvalue weighted by atomic mass is 10.2. The first-order valence-electron chi connectivity index (χ1n) is 9.71. The number of nitrogens with one attached hydrogen (secondary N) is 1. The lowest BCUT2D eigenvalue weighted by molar-refractivity contribution is 0.301. The van der Waals surface area contributed by atoms with Crippen LogP contribution in [-0.4, -0.2) is 47.2 Å². The van der Waals surface area contributed by atoms with Gasteiger partial charge >= 0.3 is 0 Å². The van der Waals surface area contributed by atoms with Gasteiger partial charge in [0.05, 0.1) is 24.9 Å². The summed E-state index contributed by atoms with van der Waals surface area (Å²) < 4.78 is 25.7. The Balaban J connectivity index is 1.54. The summed E-state index contributed by atoms with van der Waals surface area (Å²) in [5.41, 5.74) is 0.868. The van der Waals surface area contributed by atoms with Crippen LogP contribution in [0.15, 0.2) is 55.1 Å². The van der Waals surface area contributed by atoms with Gasteiger partial charge in [-0.3, -0.25) is 0 Å². The molecule has 0 fully saturated rings. The summed E-state index contributed by atoms with van der Waals surface area (Å²) in [4.78, 5) is 18.9. The van der Waals surface area contributed by atoms with E-state index in [-0.39, 0.29) is 5.69 Å². The zero-order valence-corrected chi connectivity index (χ0v) is 18.2. The van der Waals surface area contributed by atoms with E-state index < -0.39 is 5.82 Å². The van der Waals surface area contributed by atoms with Crippen LogP contribution in [-0.2, 0) is 0 Å². The van der Waals surface area contributed by atoms with Gasteiger partial charge in [-0.05, 0) is 30.3 Å². The number of likely N-dealkylation sites (N-methyl/N-ethyl adjacent to an activating group) is 1. The average molecular weight is 455 g/mol. The summed E-state index contributed by atoms with van der Waals surface area (Å²) in [5, 5.41) is 3.95. The zero-order chi connectivity index (χ0) is 22.5. The zero-order valence-electron chi connectivity index (χ0n) is 17.4. The number of ether oxygens (including phenoxy) is 2. The molecule has 0 spiro atoms. The van der Waals surface area contributed by atoms with Gasteiger partial charge in [0.15, 0.2) is 11.5 Å². The van der Waals surface area contributed by atoms with E-state index in [0.717, 1.165) is 0 Å². The van der Waals surface area contributed by atoms with Gasteiger partial charge in [0.1, 0.15) is 24.6 Å². The van der Waals surface area contributed by atoms with Crippen molar-refractivity contribution in [1.82, 2.24) is 19.9 Å². The monoisotopic (exact) mass is 454 g/mol. The molecule has 2 aromatic carbocycles. The molecule has 164 valence electrons. The second-order valence-electron chi connectivity index (χ2n) is 6.81. The summed E-state index contributed by atoms with van der Waals surface area (Å²) in [5.74, 6) is 1.60. The Morgan fingerprint density at radius 1 is 1.06 bits per heavy atom. The molecule has 0 radical (unpaired) electrons. The molecular weight excluding hydrogens is 435 g/mol. The molecule has 0 saturated heterocycles. The summed E-state index contributed by atoms with van der Waals surface area (Å²) in [6.45, 7) is 0.945. The molecular formula is C22H20ClFN6O2. The van der Waals surface area contributed by atoms with Gasteiger partial charge in [-0.2, -0.15) is 0 Å². The predicted molar refractivity (Wildman–Crippen MR) is 122 cm³/mol. The average Bonchev–Trinajstić information content (AvgIpc) is 2.81. The Bertz CT molecular complexity index is 1230. The molecule has 0 bridgehead atoms. The quantitative estimate of drug-likeness (QED) is 0.417. The predicted octanol–water partition coefficient (Wildman–Crippen LogP) is 4.48. The lowest BCUT2D eigenvalue weighted by Crippen LogP contribution is -2.25. The molecule has 32 heavy (non-hydrogen) atoms. The number of anilines is 3. The van der Waals surface area contributed by atoms with Crippen LogP contribution in [0.25, 0.3) is 10.9 Å². The summed E-state index contributed by atoms with van der Waals surface area (Å²) in [6, 6.07) is 9.66. The highest BCUT2D eigenvalue weighted by atomic mass is 35.5. The van der Waals surface area contributed by atoms with E-state index in [2.05, 4.69) is 25.3 Å². The molecule has 0 aliphatic carbocycles. The Kier molecular flexibility index (Phi) is 6.46. The van der Waals surface area contributed by atoms with Crippen LogP contribution in [0.4, 0.5) is 21.8 Å². The molecule has 0 aliphatic rings. The maximum Gasteiger partial charge on any atom is 0.225 e. The summed E-state index contributed by atoms with van der Waals surface area (Å²) in [7, 11) is 3.44. The van der Waals surface area contributed by atoms with Gasteiger partial charge in [-0.25, -0.2) is 24.3 Å². The number of nitrogens with zero attached hydrogens (tertiary/aromatic N) is 5. The largest absolute Gasteiger partial charge is 0.493 e. The third-order valence-corrected chi connectivity index (χ3v) is 4.92. The number of fused-ring (bicyclic) bond motifs is 1. The van der Waals surface area contributed by atoms with Crippen molar-refractivity contribution in [3.63, 3.8) is 0 Å².